The average molecular weight is 348 g/mol. The lowest BCUT2D eigenvalue weighted by molar-refractivity contribution is 0.0733. The average Bonchev–Trinajstić information content (AvgIpc) is 3.22. The predicted molar refractivity (Wildman–Crippen MR) is 98.2 cm³/mol. The second kappa shape index (κ2) is 6.95. The molecule has 0 unspecified atom stereocenters. The molecule has 0 aliphatic carbocycles. The summed E-state index contributed by atoms with van der Waals surface area (Å²) < 4.78 is 1.91. The predicted octanol–water partition coefficient (Wildman–Crippen LogP) is 2.29. The summed E-state index contributed by atoms with van der Waals surface area (Å²) in [6, 6.07) is 9.58. The van der Waals surface area contributed by atoms with Crippen molar-refractivity contribution in [1.82, 2.24) is 24.6 Å². The molecule has 132 valence electrons. The molecular weight excluding hydrogens is 328 g/mol. The van der Waals surface area contributed by atoms with Gasteiger partial charge in [-0.3, -0.25) is 4.79 Å². The van der Waals surface area contributed by atoms with Crippen molar-refractivity contribution in [3.8, 4) is 5.69 Å². The highest BCUT2D eigenvalue weighted by atomic mass is 16.2. The molecule has 1 N–H and O–H groups in total. The first-order valence-corrected chi connectivity index (χ1v) is 8.71. The van der Waals surface area contributed by atoms with Crippen molar-refractivity contribution in [3.63, 3.8) is 0 Å². The zero-order chi connectivity index (χ0) is 17.9. The van der Waals surface area contributed by atoms with Crippen LogP contribution in [0.4, 0.5) is 5.82 Å². The summed E-state index contributed by atoms with van der Waals surface area (Å²) in [6.45, 7) is 4.03. The number of imidazole rings is 1. The third-order valence-electron chi connectivity index (χ3n) is 4.50. The fraction of sp³-hybridized carbons (Fsp3) is 0.263. The zero-order valence-electron chi connectivity index (χ0n) is 14.6. The highest BCUT2D eigenvalue weighted by molar-refractivity contribution is 5.94. The van der Waals surface area contributed by atoms with Crippen molar-refractivity contribution in [2.45, 2.75) is 19.9 Å². The number of carbonyl (C=O) groups is 1. The minimum atomic E-state index is 0.0367. The molecule has 0 atom stereocenters. The topological polar surface area (TPSA) is 75.9 Å². The SMILES string of the molecule is CCNc1cc2c(nn1)CCN(C(=O)c1ccc(-n3ccnc3)cc1)C2. The molecule has 3 heterocycles. The molecule has 1 aliphatic heterocycles. The Morgan fingerprint density at radius 1 is 1.23 bits per heavy atom. The number of fused-ring (bicyclic) bond motifs is 1. The summed E-state index contributed by atoms with van der Waals surface area (Å²) in [5.41, 5.74) is 3.71. The van der Waals surface area contributed by atoms with E-state index in [0.29, 0.717) is 18.7 Å². The molecule has 1 aliphatic rings. The molecule has 7 nitrogen and oxygen atoms in total. The number of hydrogen-bond acceptors (Lipinski definition) is 5. The highest BCUT2D eigenvalue weighted by Crippen LogP contribution is 2.21. The van der Waals surface area contributed by atoms with Gasteiger partial charge in [-0.1, -0.05) is 0 Å². The van der Waals surface area contributed by atoms with Crippen molar-refractivity contribution < 1.29 is 4.79 Å². The Morgan fingerprint density at radius 3 is 2.81 bits per heavy atom. The van der Waals surface area contributed by atoms with Gasteiger partial charge < -0.3 is 14.8 Å². The van der Waals surface area contributed by atoms with E-state index in [1.807, 2.05) is 52.9 Å². The molecule has 0 saturated heterocycles. The quantitative estimate of drug-likeness (QED) is 0.783. The van der Waals surface area contributed by atoms with Crippen LogP contribution in [0.2, 0.25) is 0 Å². The van der Waals surface area contributed by atoms with E-state index < -0.39 is 0 Å². The number of benzene rings is 1. The summed E-state index contributed by atoms with van der Waals surface area (Å²) in [5.74, 6) is 0.792. The van der Waals surface area contributed by atoms with Crippen LogP contribution in [-0.2, 0) is 13.0 Å². The first-order chi connectivity index (χ1) is 12.7. The van der Waals surface area contributed by atoms with Gasteiger partial charge in [0.2, 0.25) is 0 Å². The van der Waals surface area contributed by atoms with E-state index in [1.165, 1.54) is 0 Å². The van der Waals surface area contributed by atoms with E-state index in [1.54, 1.807) is 12.5 Å². The van der Waals surface area contributed by atoms with E-state index in [2.05, 4.69) is 20.5 Å². The number of amides is 1. The molecule has 1 aromatic carbocycles. The third-order valence-corrected chi connectivity index (χ3v) is 4.50. The molecule has 7 heteroatoms. The maximum atomic E-state index is 12.9. The van der Waals surface area contributed by atoms with Crippen molar-refractivity contribution >= 4 is 11.7 Å². The van der Waals surface area contributed by atoms with Crippen molar-refractivity contribution in [1.29, 1.82) is 0 Å². The van der Waals surface area contributed by atoms with E-state index in [9.17, 15) is 4.79 Å². The number of carbonyl (C=O) groups excluding carboxylic acids is 1. The minimum Gasteiger partial charge on any atom is -0.369 e. The normalized spacial score (nSPS) is 13.3. The summed E-state index contributed by atoms with van der Waals surface area (Å²) in [6.07, 6.45) is 6.07. The molecule has 2 aromatic heterocycles. The van der Waals surface area contributed by atoms with Crippen LogP contribution in [0.25, 0.3) is 5.69 Å². The van der Waals surface area contributed by atoms with Crippen molar-refractivity contribution in [2.75, 3.05) is 18.4 Å². The number of nitrogens with one attached hydrogen (secondary N) is 1. The molecule has 1 amide bonds. The van der Waals surface area contributed by atoms with Gasteiger partial charge in [0.05, 0.1) is 12.0 Å². The maximum Gasteiger partial charge on any atom is 0.254 e. The van der Waals surface area contributed by atoms with Gasteiger partial charge in [0.25, 0.3) is 5.91 Å². The molecule has 26 heavy (non-hydrogen) atoms. The standard InChI is InChI=1S/C19H20N6O/c1-2-21-18-11-15-12-24(9-7-17(15)22-23-18)19(26)14-3-5-16(6-4-14)25-10-8-20-13-25/h3-6,8,10-11,13H,2,7,9,12H2,1H3,(H,21,23). The second-order valence-electron chi connectivity index (χ2n) is 6.23. The van der Waals surface area contributed by atoms with Gasteiger partial charge >= 0.3 is 0 Å². The number of anilines is 1. The first kappa shape index (κ1) is 16.3. The van der Waals surface area contributed by atoms with Crippen LogP contribution < -0.4 is 5.32 Å². The van der Waals surface area contributed by atoms with Crippen LogP contribution in [0, 0.1) is 0 Å². The Kier molecular flexibility index (Phi) is 4.35. The Balaban J connectivity index is 1.51. The lowest BCUT2D eigenvalue weighted by Gasteiger charge is -2.28. The van der Waals surface area contributed by atoms with Crippen LogP contribution in [0.15, 0.2) is 49.1 Å². The Labute approximate surface area is 151 Å². The third kappa shape index (κ3) is 3.15. The van der Waals surface area contributed by atoms with Crippen LogP contribution in [-0.4, -0.2) is 43.6 Å². The fourth-order valence-corrected chi connectivity index (χ4v) is 3.14. The maximum absolute atomic E-state index is 12.9. The molecule has 0 saturated carbocycles. The number of nitrogens with zero attached hydrogens (tertiary/aromatic N) is 5. The Hall–Kier alpha value is -3.22. The van der Waals surface area contributed by atoms with Crippen molar-refractivity contribution in [2.24, 2.45) is 0 Å². The highest BCUT2D eigenvalue weighted by Gasteiger charge is 2.23. The molecular formula is C19H20N6O. The van der Waals surface area contributed by atoms with Gasteiger partial charge in [-0.25, -0.2) is 4.98 Å². The van der Waals surface area contributed by atoms with Gasteiger partial charge in [-0.15, -0.1) is 5.10 Å². The zero-order valence-corrected chi connectivity index (χ0v) is 14.6. The first-order valence-electron chi connectivity index (χ1n) is 8.71. The fourth-order valence-electron chi connectivity index (χ4n) is 3.14. The van der Waals surface area contributed by atoms with Gasteiger partial charge in [-0.2, -0.15) is 5.10 Å². The number of hydrogen-bond donors (Lipinski definition) is 1. The van der Waals surface area contributed by atoms with Crippen LogP contribution >= 0.6 is 0 Å². The molecule has 3 aromatic rings. The number of aromatic nitrogens is 4. The van der Waals surface area contributed by atoms with Crippen LogP contribution in [0.3, 0.4) is 0 Å². The second-order valence-corrected chi connectivity index (χ2v) is 6.23. The summed E-state index contributed by atoms with van der Waals surface area (Å²) in [4.78, 5) is 18.8. The van der Waals surface area contributed by atoms with Gasteiger partial charge in [0.15, 0.2) is 0 Å². The van der Waals surface area contributed by atoms with E-state index in [-0.39, 0.29) is 5.91 Å². The van der Waals surface area contributed by atoms with Gasteiger partial charge in [-0.05, 0) is 42.8 Å². The molecule has 0 radical (unpaired) electrons. The van der Waals surface area contributed by atoms with Gasteiger partial charge in [0.1, 0.15) is 5.82 Å². The monoisotopic (exact) mass is 348 g/mol. The van der Waals surface area contributed by atoms with Gasteiger partial charge in [0, 0.05) is 49.7 Å². The summed E-state index contributed by atoms with van der Waals surface area (Å²) >= 11 is 0. The minimum absolute atomic E-state index is 0.0367. The van der Waals surface area contributed by atoms with Crippen LogP contribution in [0.5, 0.6) is 0 Å². The summed E-state index contributed by atoms with van der Waals surface area (Å²) in [7, 11) is 0. The van der Waals surface area contributed by atoms with Crippen LogP contribution in [0.1, 0.15) is 28.5 Å². The molecule has 4 rings (SSSR count). The van der Waals surface area contributed by atoms with E-state index in [4.69, 9.17) is 0 Å². The lowest BCUT2D eigenvalue weighted by atomic mass is 10.0. The smallest absolute Gasteiger partial charge is 0.254 e. The molecule has 0 fully saturated rings. The largest absolute Gasteiger partial charge is 0.369 e. The van der Waals surface area contributed by atoms with E-state index >= 15 is 0 Å². The Bertz CT molecular complexity index is 904. The summed E-state index contributed by atoms with van der Waals surface area (Å²) in [5, 5.41) is 11.6. The lowest BCUT2D eigenvalue weighted by Crippen LogP contribution is -2.36. The molecule has 0 spiro atoms. The molecule has 0 bridgehead atoms. The number of rotatable bonds is 4. The van der Waals surface area contributed by atoms with Crippen molar-refractivity contribution in [3.05, 3.63) is 65.9 Å². The van der Waals surface area contributed by atoms with E-state index in [0.717, 1.165) is 35.7 Å². The Morgan fingerprint density at radius 2 is 2.08 bits per heavy atom.